The summed E-state index contributed by atoms with van der Waals surface area (Å²) >= 11 is 0. The van der Waals surface area contributed by atoms with Gasteiger partial charge in [-0.1, -0.05) is 32.9 Å². The molecule has 2 aromatic carbocycles. The van der Waals surface area contributed by atoms with Crippen LogP contribution in [0.25, 0.3) is 0 Å². The van der Waals surface area contributed by atoms with Crippen LogP contribution in [0.5, 0.6) is 0 Å². The number of halogens is 1. The van der Waals surface area contributed by atoms with Gasteiger partial charge in [-0.25, -0.2) is 17.5 Å². The van der Waals surface area contributed by atoms with Crippen molar-refractivity contribution in [3.05, 3.63) is 59.9 Å². The van der Waals surface area contributed by atoms with E-state index in [1.54, 1.807) is 0 Å². The molecule has 0 aliphatic carbocycles. The highest BCUT2D eigenvalue weighted by molar-refractivity contribution is 7.89. The standard InChI is InChI=1S/C19H23FN2O3S/c1-19(2,3)14-4-8-16(9-5-14)22-18(23)12-13-21-26(24,25)17-10-6-15(20)7-11-17/h4-11,21H,12-13H2,1-3H3,(H,22,23). The van der Waals surface area contributed by atoms with Crippen molar-refractivity contribution in [3.8, 4) is 0 Å². The second kappa shape index (κ2) is 7.97. The quantitative estimate of drug-likeness (QED) is 0.809. The van der Waals surface area contributed by atoms with Crippen LogP contribution < -0.4 is 10.0 Å². The summed E-state index contributed by atoms with van der Waals surface area (Å²) in [6.07, 6.45) is -0.0125. The fourth-order valence-corrected chi connectivity index (χ4v) is 3.30. The maximum Gasteiger partial charge on any atom is 0.240 e. The third-order valence-electron chi connectivity index (χ3n) is 3.80. The molecule has 7 heteroatoms. The van der Waals surface area contributed by atoms with E-state index in [1.807, 2.05) is 24.3 Å². The lowest BCUT2D eigenvalue weighted by Crippen LogP contribution is -2.27. The van der Waals surface area contributed by atoms with Crippen LogP contribution in [0.1, 0.15) is 32.8 Å². The second-order valence-corrected chi connectivity index (χ2v) is 8.74. The van der Waals surface area contributed by atoms with Crippen LogP contribution >= 0.6 is 0 Å². The number of hydrogen-bond donors (Lipinski definition) is 2. The smallest absolute Gasteiger partial charge is 0.240 e. The lowest BCUT2D eigenvalue weighted by Gasteiger charge is -2.19. The molecule has 0 saturated carbocycles. The van der Waals surface area contributed by atoms with Crippen molar-refractivity contribution in [1.82, 2.24) is 4.72 Å². The number of benzene rings is 2. The van der Waals surface area contributed by atoms with Gasteiger partial charge in [-0.05, 0) is 47.4 Å². The molecule has 5 nitrogen and oxygen atoms in total. The minimum atomic E-state index is -3.76. The highest BCUT2D eigenvalue weighted by Crippen LogP contribution is 2.23. The van der Waals surface area contributed by atoms with E-state index in [1.165, 1.54) is 12.1 Å². The van der Waals surface area contributed by atoms with Crippen LogP contribution in [0, 0.1) is 5.82 Å². The fraction of sp³-hybridized carbons (Fsp3) is 0.316. The summed E-state index contributed by atoms with van der Waals surface area (Å²) in [4.78, 5) is 11.9. The van der Waals surface area contributed by atoms with Gasteiger partial charge >= 0.3 is 0 Å². The number of amides is 1. The highest BCUT2D eigenvalue weighted by atomic mass is 32.2. The third-order valence-corrected chi connectivity index (χ3v) is 5.28. The molecule has 0 unspecified atom stereocenters. The van der Waals surface area contributed by atoms with Gasteiger partial charge in [-0.15, -0.1) is 0 Å². The average Bonchev–Trinajstić information content (AvgIpc) is 2.54. The first-order chi connectivity index (χ1) is 12.1. The number of rotatable bonds is 6. The minimum absolute atomic E-state index is 0.0125. The number of carbonyl (C=O) groups excluding carboxylic acids is 1. The van der Waals surface area contributed by atoms with Crippen molar-refractivity contribution >= 4 is 21.6 Å². The number of nitrogens with one attached hydrogen (secondary N) is 2. The topological polar surface area (TPSA) is 75.3 Å². The Morgan fingerprint density at radius 1 is 1.00 bits per heavy atom. The van der Waals surface area contributed by atoms with Crippen molar-refractivity contribution in [2.24, 2.45) is 0 Å². The average molecular weight is 378 g/mol. The summed E-state index contributed by atoms with van der Waals surface area (Å²) < 4.78 is 39.3. The molecule has 0 heterocycles. The summed E-state index contributed by atoms with van der Waals surface area (Å²) in [6.45, 7) is 6.26. The van der Waals surface area contributed by atoms with Crippen molar-refractivity contribution in [2.75, 3.05) is 11.9 Å². The van der Waals surface area contributed by atoms with Gasteiger partial charge in [0.2, 0.25) is 15.9 Å². The molecule has 0 radical (unpaired) electrons. The van der Waals surface area contributed by atoms with Gasteiger partial charge in [0.1, 0.15) is 5.82 Å². The molecule has 0 saturated heterocycles. The Labute approximate surface area is 153 Å². The van der Waals surface area contributed by atoms with E-state index >= 15 is 0 Å². The van der Waals surface area contributed by atoms with Crippen LogP contribution in [0.3, 0.4) is 0 Å². The summed E-state index contributed by atoms with van der Waals surface area (Å²) in [6, 6.07) is 12.0. The van der Waals surface area contributed by atoms with Crippen LogP contribution in [-0.4, -0.2) is 20.9 Å². The molecule has 1 amide bonds. The Kier molecular flexibility index (Phi) is 6.15. The summed E-state index contributed by atoms with van der Waals surface area (Å²) in [5, 5.41) is 2.73. The van der Waals surface area contributed by atoms with Gasteiger partial charge in [-0.3, -0.25) is 4.79 Å². The summed E-state index contributed by atoms with van der Waals surface area (Å²) in [5.41, 5.74) is 1.84. The van der Waals surface area contributed by atoms with E-state index < -0.39 is 15.8 Å². The molecule has 2 aromatic rings. The van der Waals surface area contributed by atoms with Crippen LogP contribution in [0.2, 0.25) is 0 Å². The number of sulfonamides is 1. The molecule has 0 atom stereocenters. The largest absolute Gasteiger partial charge is 0.326 e. The first-order valence-electron chi connectivity index (χ1n) is 8.23. The number of carbonyl (C=O) groups is 1. The highest BCUT2D eigenvalue weighted by Gasteiger charge is 2.15. The van der Waals surface area contributed by atoms with E-state index in [0.717, 1.165) is 17.7 Å². The van der Waals surface area contributed by atoms with Crippen molar-refractivity contribution in [3.63, 3.8) is 0 Å². The minimum Gasteiger partial charge on any atom is -0.326 e. The molecule has 0 spiro atoms. The zero-order valence-corrected chi connectivity index (χ0v) is 15.9. The first-order valence-corrected chi connectivity index (χ1v) is 9.72. The van der Waals surface area contributed by atoms with Gasteiger partial charge in [0.05, 0.1) is 4.90 Å². The molecule has 26 heavy (non-hydrogen) atoms. The Balaban J connectivity index is 1.86. The molecule has 0 fully saturated rings. The monoisotopic (exact) mass is 378 g/mol. The second-order valence-electron chi connectivity index (χ2n) is 6.98. The van der Waals surface area contributed by atoms with Crippen molar-refractivity contribution in [1.29, 1.82) is 0 Å². The van der Waals surface area contributed by atoms with E-state index in [4.69, 9.17) is 0 Å². The fourth-order valence-electron chi connectivity index (χ4n) is 2.27. The predicted octanol–water partition coefficient (Wildman–Crippen LogP) is 3.43. The van der Waals surface area contributed by atoms with E-state index in [0.29, 0.717) is 5.69 Å². The molecular weight excluding hydrogens is 355 g/mol. The first kappa shape index (κ1) is 20.1. The maximum absolute atomic E-state index is 12.9. The van der Waals surface area contributed by atoms with Gasteiger partial charge in [-0.2, -0.15) is 0 Å². The molecule has 0 aliphatic rings. The van der Waals surface area contributed by atoms with Gasteiger partial charge in [0.25, 0.3) is 0 Å². The molecule has 0 aromatic heterocycles. The van der Waals surface area contributed by atoms with E-state index in [9.17, 15) is 17.6 Å². The van der Waals surface area contributed by atoms with Crippen LogP contribution in [-0.2, 0) is 20.2 Å². The zero-order chi connectivity index (χ0) is 19.4. The van der Waals surface area contributed by atoms with Gasteiger partial charge < -0.3 is 5.32 Å². The Bertz CT molecular complexity index is 855. The van der Waals surface area contributed by atoms with Crippen LogP contribution in [0.4, 0.5) is 10.1 Å². The SMILES string of the molecule is CC(C)(C)c1ccc(NC(=O)CCNS(=O)(=O)c2ccc(F)cc2)cc1. The van der Waals surface area contributed by atoms with Crippen LogP contribution in [0.15, 0.2) is 53.4 Å². The Morgan fingerprint density at radius 2 is 1.58 bits per heavy atom. The van der Waals surface area contributed by atoms with Gasteiger partial charge in [0, 0.05) is 18.7 Å². The number of anilines is 1. The maximum atomic E-state index is 12.9. The summed E-state index contributed by atoms with van der Waals surface area (Å²) in [7, 11) is -3.76. The molecule has 0 bridgehead atoms. The molecule has 0 aliphatic heterocycles. The predicted molar refractivity (Wildman–Crippen MR) is 100.0 cm³/mol. The molecular formula is C19H23FN2O3S. The molecule has 140 valence electrons. The van der Waals surface area contributed by atoms with Gasteiger partial charge in [0.15, 0.2) is 0 Å². The Morgan fingerprint density at radius 3 is 2.12 bits per heavy atom. The summed E-state index contributed by atoms with van der Waals surface area (Å²) in [5.74, 6) is -0.809. The normalized spacial score (nSPS) is 12.0. The van der Waals surface area contributed by atoms with E-state index in [2.05, 4.69) is 30.8 Å². The zero-order valence-electron chi connectivity index (χ0n) is 15.0. The molecule has 2 rings (SSSR count). The number of hydrogen-bond acceptors (Lipinski definition) is 3. The van der Waals surface area contributed by atoms with Crippen molar-refractivity contribution < 1.29 is 17.6 Å². The third kappa shape index (κ3) is 5.64. The van der Waals surface area contributed by atoms with Crippen molar-refractivity contribution in [2.45, 2.75) is 37.5 Å². The Hall–Kier alpha value is -2.25. The van der Waals surface area contributed by atoms with E-state index in [-0.39, 0.29) is 29.2 Å². The molecule has 2 N–H and O–H groups in total. The lowest BCUT2D eigenvalue weighted by molar-refractivity contribution is -0.116. The lowest BCUT2D eigenvalue weighted by atomic mass is 9.87.